The third-order valence-corrected chi connectivity index (χ3v) is 4.10. The van der Waals surface area contributed by atoms with Gasteiger partial charge in [-0.3, -0.25) is 0 Å². The number of nitrogens with one attached hydrogen (secondary N) is 1. The van der Waals surface area contributed by atoms with Crippen LogP contribution >= 0.6 is 0 Å². The fourth-order valence-corrected chi connectivity index (χ4v) is 3.20. The summed E-state index contributed by atoms with van der Waals surface area (Å²) in [6.45, 7) is 1.22. The Bertz CT molecular complexity index is 350. The molecule has 2 aliphatic rings. The number of rotatable bonds is 0. The van der Waals surface area contributed by atoms with Gasteiger partial charge in [-0.2, -0.15) is 0 Å². The van der Waals surface area contributed by atoms with Gasteiger partial charge in [0.05, 0.1) is 0 Å². The molecule has 80 valence electrons. The van der Waals surface area contributed by atoms with Gasteiger partial charge in [-0.05, 0) is 49.8 Å². The van der Waals surface area contributed by atoms with E-state index in [1.807, 2.05) is 0 Å². The Kier molecular flexibility index (Phi) is 2.28. The van der Waals surface area contributed by atoms with Crippen molar-refractivity contribution in [3.05, 3.63) is 35.4 Å². The van der Waals surface area contributed by atoms with E-state index < -0.39 is 0 Å². The van der Waals surface area contributed by atoms with Crippen LogP contribution < -0.4 is 5.32 Å². The van der Waals surface area contributed by atoms with Crippen molar-refractivity contribution < 1.29 is 0 Å². The predicted molar refractivity (Wildman–Crippen MR) is 63.1 cm³/mol. The van der Waals surface area contributed by atoms with Crippen molar-refractivity contribution in [2.24, 2.45) is 0 Å². The van der Waals surface area contributed by atoms with E-state index in [-0.39, 0.29) is 0 Å². The highest BCUT2D eigenvalue weighted by Crippen LogP contribution is 2.34. The summed E-state index contributed by atoms with van der Waals surface area (Å²) in [6, 6.07) is 8.96. The standard InChI is InChI=1S/C14H19N/c1-2-6-13-11-14(8-3-4-10-15-14)9-7-12(13)5-1/h1-2,5-6,15H,3-4,7-11H2. The third-order valence-electron chi connectivity index (χ3n) is 4.10. The summed E-state index contributed by atoms with van der Waals surface area (Å²) in [5, 5.41) is 3.78. The summed E-state index contributed by atoms with van der Waals surface area (Å²) in [6.07, 6.45) is 8.01. The Balaban J connectivity index is 1.87. The molecule has 1 aliphatic carbocycles. The molecular formula is C14H19N. The number of hydrogen-bond donors (Lipinski definition) is 1. The fraction of sp³-hybridized carbons (Fsp3) is 0.571. The van der Waals surface area contributed by atoms with Crippen molar-refractivity contribution in [2.75, 3.05) is 6.54 Å². The smallest absolute Gasteiger partial charge is 0.0225 e. The molecule has 1 aromatic carbocycles. The van der Waals surface area contributed by atoms with Crippen molar-refractivity contribution in [3.8, 4) is 0 Å². The molecule has 3 rings (SSSR count). The third kappa shape index (κ3) is 1.69. The minimum atomic E-state index is 0.451. The average molecular weight is 201 g/mol. The predicted octanol–water partition coefficient (Wildman–Crippen LogP) is 2.69. The Morgan fingerprint density at radius 3 is 2.67 bits per heavy atom. The highest BCUT2D eigenvalue weighted by atomic mass is 15.0. The molecule has 1 nitrogen and oxygen atoms in total. The second-order valence-electron chi connectivity index (χ2n) is 5.11. The molecule has 1 N–H and O–H groups in total. The normalized spacial score (nSPS) is 30.1. The quantitative estimate of drug-likeness (QED) is 0.680. The van der Waals surface area contributed by atoms with Gasteiger partial charge in [0.15, 0.2) is 0 Å². The highest BCUT2D eigenvalue weighted by molar-refractivity contribution is 5.32. The van der Waals surface area contributed by atoms with E-state index in [2.05, 4.69) is 29.6 Å². The molecule has 0 amide bonds. The summed E-state index contributed by atoms with van der Waals surface area (Å²) in [4.78, 5) is 0. The van der Waals surface area contributed by atoms with Crippen molar-refractivity contribution in [2.45, 2.75) is 44.1 Å². The van der Waals surface area contributed by atoms with E-state index in [1.165, 1.54) is 45.1 Å². The number of benzene rings is 1. The van der Waals surface area contributed by atoms with Gasteiger partial charge < -0.3 is 5.32 Å². The van der Waals surface area contributed by atoms with Crippen LogP contribution in [0.4, 0.5) is 0 Å². The minimum Gasteiger partial charge on any atom is -0.311 e. The Labute approximate surface area is 91.9 Å². The van der Waals surface area contributed by atoms with Gasteiger partial charge in [-0.25, -0.2) is 0 Å². The second-order valence-corrected chi connectivity index (χ2v) is 5.11. The monoisotopic (exact) mass is 201 g/mol. The molecule has 0 radical (unpaired) electrons. The molecule has 1 heteroatoms. The molecule has 0 bridgehead atoms. The first-order valence-corrected chi connectivity index (χ1v) is 6.20. The summed E-state index contributed by atoms with van der Waals surface area (Å²) in [5.41, 5.74) is 3.61. The van der Waals surface area contributed by atoms with Crippen LogP contribution in [0.5, 0.6) is 0 Å². The number of hydrogen-bond acceptors (Lipinski definition) is 1. The molecule has 0 aromatic heterocycles. The van der Waals surface area contributed by atoms with Crippen molar-refractivity contribution in [3.63, 3.8) is 0 Å². The molecule has 1 atom stereocenters. The topological polar surface area (TPSA) is 12.0 Å². The van der Waals surface area contributed by atoms with Crippen LogP contribution in [0, 0.1) is 0 Å². The lowest BCUT2D eigenvalue weighted by Crippen LogP contribution is -2.52. The summed E-state index contributed by atoms with van der Waals surface area (Å²) in [5.74, 6) is 0. The summed E-state index contributed by atoms with van der Waals surface area (Å²) < 4.78 is 0. The molecule has 1 heterocycles. The van der Waals surface area contributed by atoms with Gasteiger partial charge in [0, 0.05) is 5.54 Å². The average Bonchev–Trinajstić information content (AvgIpc) is 2.30. The van der Waals surface area contributed by atoms with E-state index in [9.17, 15) is 0 Å². The van der Waals surface area contributed by atoms with Crippen LogP contribution in [0.1, 0.15) is 36.8 Å². The zero-order chi connectivity index (χ0) is 10.1. The largest absolute Gasteiger partial charge is 0.311 e. The van der Waals surface area contributed by atoms with E-state index in [0.29, 0.717) is 5.54 Å². The van der Waals surface area contributed by atoms with Crippen LogP contribution in [-0.4, -0.2) is 12.1 Å². The Morgan fingerprint density at radius 2 is 1.87 bits per heavy atom. The summed E-state index contributed by atoms with van der Waals surface area (Å²) >= 11 is 0. The number of fused-ring (bicyclic) bond motifs is 1. The van der Waals surface area contributed by atoms with Gasteiger partial charge in [0.1, 0.15) is 0 Å². The lowest BCUT2D eigenvalue weighted by atomic mass is 9.74. The Hall–Kier alpha value is -0.820. The van der Waals surface area contributed by atoms with Crippen molar-refractivity contribution >= 4 is 0 Å². The van der Waals surface area contributed by atoms with E-state index in [4.69, 9.17) is 0 Å². The maximum atomic E-state index is 3.78. The van der Waals surface area contributed by atoms with Crippen molar-refractivity contribution in [1.29, 1.82) is 0 Å². The fourth-order valence-electron chi connectivity index (χ4n) is 3.20. The van der Waals surface area contributed by atoms with Gasteiger partial charge in [0.25, 0.3) is 0 Å². The van der Waals surface area contributed by atoms with E-state index in [1.54, 1.807) is 11.1 Å². The van der Waals surface area contributed by atoms with Crippen LogP contribution in [0.25, 0.3) is 0 Å². The molecule has 1 unspecified atom stereocenters. The van der Waals surface area contributed by atoms with Crippen LogP contribution in [0.3, 0.4) is 0 Å². The lowest BCUT2D eigenvalue weighted by Gasteiger charge is -2.42. The number of piperidine rings is 1. The molecule has 0 saturated carbocycles. The van der Waals surface area contributed by atoms with Gasteiger partial charge >= 0.3 is 0 Å². The molecular weight excluding hydrogens is 182 g/mol. The zero-order valence-corrected chi connectivity index (χ0v) is 9.26. The molecule has 15 heavy (non-hydrogen) atoms. The van der Waals surface area contributed by atoms with Gasteiger partial charge in [-0.15, -0.1) is 0 Å². The SMILES string of the molecule is c1ccc2c(c1)CCC1(CCCCN1)C2. The molecule has 1 saturated heterocycles. The van der Waals surface area contributed by atoms with Gasteiger partial charge in [-0.1, -0.05) is 30.7 Å². The number of aryl methyl sites for hydroxylation is 1. The minimum absolute atomic E-state index is 0.451. The van der Waals surface area contributed by atoms with Crippen LogP contribution in [-0.2, 0) is 12.8 Å². The molecule has 1 aliphatic heterocycles. The van der Waals surface area contributed by atoms with Crippen molar-refractivity contribution in [1.82, 2.24) is 5.32 Å². The lowest BCUT2D eigenvalue weighted by molar-refractivity contribution is 0.225. The van der Waals surface area contributed by atoms with Crippen LogP contribution in [0.2, 0.25) is 0 Å². The first-order chi connectivity index (χ1) is 7.38. The maximum absolute atomic E-state index is 3.78. The van der Waals surface area contributed by atoms with E-state index in [0.717, 1.165) is 0 Å². The first kappa shape index (κ1) is 9.41. The Morgan fingerprint density at radius 1 is 1.00 bits per heavy atom. The van der Waals surface area contributed by atoms with Gasteiger partial charge in [0.2, 0.25) is 0 Å². The maximum Gasteiger partial charge on any atom is 0.0225 e. The molecule has 1 aromatic rings. The zero-order valence-electron chi connectivity index (χ0n) is 9.26. The molecule has 1 fully saturated rings. The molecule has 1 spiro atoms. The summed E-state index contributed by atoms with van der Waals surface area (Å²) in [7, 11) is 0. The highest BCUT2D eigenvalue weighted by Gasteiger charge is 2.34. The second kappa shape index (κ2) is 3.64. The first-order valence-electron chi connectivity index (χ1n) is 6.20. The van der Waals surface area contributed by atoms with E-state index >= 15 is 0 Å². The van der Waals surface area contributed by atoms with Crippen LogP contribution in [0.15, 0.2) is 24.3 Å².